The van der Waals surface area contributed by atoms with Crippen molar-refractivity contribution in [1.82, 2.24) is 13.8 Å². The number of likely N-dealkylation sites (N-methyl/N-ethyl adjacent to an activating group) is 2. The number of nitrogens with zero attached hydrogens (tertiary/aromatic N) is 3. The Hall–Kier alpha value is -0.890. The lowest BCUT2D eigenvalue weighted by molar-refractivity contribution is 0.358. The zero-order chi connectivity index (χ0) is 14.6. The Morgan fingerprint density at radius 1 is 1.26 bits per heavy atom. The van der Waals surface area contributed by atoms with Crippen LogP contribution in [0.2, 0.25) is 0 Å². The Balaban J connectivity index is 2.96. The van der Waals surface area contributed by atoms with Gasteiger partial charge in [0.15, 0.2) is 0 Å². The fourth-order valence-electron chi connectivity index (χ4n) is 1.77. The molecule has 2 N–H and O–H groups in total. The molecule has 0 saturated carbocycles. The van der Waals surface area contributed by atoms with Crippen molar-refractivity contribution in [1.29, 1.82) is 0 Å². The predicted molar refractivity (Wildman–Crippen MR) is 76.4 cm³/mol. The molecule has 0 aromatic carbocycles. The van der Waals surface area contributed by atoms with Gasteiger partial charge < -0.3 is 15.2 Å². The van der Waals surface area contributed by atoms with Crippen LogP contribution in [0.3, 0.4) is 0 Å². The number of nitrogens with two attached hydrogens (primary N) is 1. The second kappa shape index (κ2) is 6.51. The van der Waals surface area contributed by atoms with Crippen molar-refractivity contribution in [2.75, 3.05) is 34.2 Å². The number of aryl methyl sites for hydroxylation is 1. The van der Waals surface area contributed by atoms with E-state index in [9.17, 15) is 8.42 Å². The summed E-state index contributed by atoms with van der Waals surface area (Å²) in [5.74, 6) is 0. The van der Waals surface area contributed by atoms with E-state index in [0.29, 0.717) is 31.1 Å². The Morgan fingerprint density at radius 2 is 1.89 bits per heavy atom. The average Bonchev–Trinajstić information content (AvgIpc) is 2.79. The van der Waals surface area contributed by atoms with Gasteiger partial charge in [0.25, 0.3) is 0 Å². The summed E-state index contributed by atoms with van der Waals surface area (Å²) in [4.78, 5) is 2.27. The minimum atomic E-state index is -3.43. The van der Waals surface area contributed by atoms with E-state index in [1.807, 2.05) is 30.5 Å². The molecule has 0 radical (unpaired) electrons. The number of sulfonamides is 1. The molecule has 0 aliphatic rings. The predicted octanol–water partition coefficient (Wildman–Crippen LogP) is 0.149. The summed E-state index contributed by atoms with van der Waals surface area (Å²) in [7, 11) is 2.01. The van der Waals surface area contributed by atoms with Gasteiger partial charge in [0.2, 0.25) is 10.0 Å². The van der Waals surface area contributed by atoms with Crippen LogP contribution in [0.15, 0.2) is 17.2 Å². The van der Waals surface area contributed by atoms with E-state index in [4.69, 9.17) is 5.73 Å². The Labute approximate surface area is 115 Å². The van der Waals surface area contributed by atoms with Crippen LogP contribution < -0.4 is 5.73 Å². The summed E-state index contributed by atoms with van der Waals surface area (Å²) < 4.78 is 28.0. The lowest BCUT2D eigenvalue weighted by Crippen LogP contribution is -2.33. The molecule has 0 aliphatic carbocycles. The summed E-state index contributed by atoms with van der Waals surface area (Å²) in [5.41, 5.74) is 6.46. The number of rotatable bonds is 7. The van der Waals surface area contributed by atoms with Crippen molar-refractivity contribution in [2.45, 2.75) is 24.9 Å². The van der Waals surface area contributed by atoms with E-state index in [1.54, 1.807) is 19.3 Å². The molecular weight excluding hydrogens is 264 g/mol. The van der Waals surface area contributed by atoms with Crippen LogP contribution in [0, 0.1) is 0 Å². The van der Waals surface area contributed by atoms with Gasteiger partial charge in [-0.1, -0.05) is 0 Å². The summed E-state index contributed by atoms with van der Waals surface area (Å²) in [6.07, 6.45) is 1.66. The maximum atomic E-state index is 12.4. The molecule has 19 heavy (non-hydrogen) atoms. The van der Waals surface area contributed by atoms with Crippen molar-refractivity contribution in [2.24, 2.45) is 5.73 Å². The zero-order valence-corrected chi connectivity index (χ0v) is 12.9. The summed E-state index contributed by atoms with van der Waals surface area (Å²) in [6.45, 7) is 4.16. The van der Waals surface area contributed by atoms with Crippen LogP contribution in [0.4, 0.5) is 0 Å². The van der Waals surface area contributed by atoms with Gasteiger partial charge in [-0.25, -0.2) is 8.42 Å². The summed E-state index contributed by atoms with van der Waals surface area (Å²) in [5, 5.41) is 0. The molecule has 6 nitrogen and oxygen atoms in total. The second-order valence-corrected chi connectivity index (χ2v) is 6.83. The zero-order valence-electron chi connectivity index (χ0n) is 12.1. The number of hydrogen-bond acceptors (Lipinski definition) is 4. The number of hydrogen-bond donors (Lipinski definition) is 1. The minimum absolute atomic E-state index is 0.316. The highest BCUT2D eigenvalue weighted by Crippen LogP contribution is 2.18. The molecule has 110 valence electrons. The van der Waals surface area contributed by atoms with Crippen molar-refractivity contribution >= 4 is 10.0 Å². The van der Waals surface area contributed by atoms with Gasteiger partial charge in [0, 0.05) is 45.1 Å². The third-order valence-electron chi connectivity index (χ3n) is 3.08. The normalized spacial score (nSPS) is 12.6. The first kappa shape index (κ1) is 16.2. The molecule has 0 atom stereocenters. The SMILES string of the molecule is CCn1cc(S(=O)(=O)N(C)CCN(C)C)cc1CN. The quantitative estimate of drug-likeness (QED) is 0.775. The topological polar surface area (TPSA) is 71.6 Å². The third-order valence-corrected chi connectivity index (χ3v) is 4.90. The van der Waals surface area contributed by atoms with Crippen LogP contribution in [0.5, 0.6) is 0 Å². The standard InChI is InChI=1S/C12H24N4O2S/c1-5-16-10-12(8-11(16)9-13)19(17,18)15(4)7-6-14(2)3/h8,10H,5-7,9,13H2,1-4H3. The minimum Gasteiger partial charge on any atom is -0.349 e. The van der Waals surface area contributed by atoms with Crippen LogP contribution in [0.25, 0.3) is 0 Å². The molecule has 0 unspecified atom stereocenters. The first-order valence-corrected chi connectivity index (χ1v) is 7.77. The van der Waals surface area contributed by atoms with Crippen LogP contribution >= 0.6 is 0 Å². The summed E-state index contributed by atoms with van der Waals surface area (Å²) >= 11 is 0. The molecule has 1 aromatic rings. The van der Waals surface area contributed by atoms with Crippen LogP contribution in [-0.4, -0.2) is 56.4 Å². The highest BCUT2D eigenvalue weighted by atomic mass is 32.2. The highest BCUT2D eigenvalue weighted by molar-refractivity contribution is 7.89. The van der Waals surface area contributed by atoms with E-state index in [1.165, 1.54) is 4.31 Å². The maximum Gasteiger partial charge on any atom is 0.244 e. The average molecular weight is 288 g/mol. The molecule has 0 amide bonds. The smallest absolute Gasteiger partial charge is 0.244 e. The van der Waals surface area contributed by atoms with E-state index in [-0.39, 0.29) is 0 Å². The van der Waals surface area contributed by atoms with E-state index in [0.717, 1.165) is 5.69 Å². The molecule has 7 heteroatoms. The summed E-state index contributed by atoms with van der Waals surface area (Å²) in [6, 6.07) is 1.66. The lowest BCUT2D eigenvalue weighted by Gasteiger charge is -2.18. The molecule has 0 spiro atoms. The molecule has 0 saturated heterocycles. The second-order valence-electron chi connectivity index (χ2n) is 4.79. The van der Waals surface area contributed by atoms with Gasteiger partial charge in [-0.05, 0) is 27.1 Å². The molecule has 1 rings (SSSR count). The van der Waals surface area contributed by atoms with Gasteiger partial charge in [-0.3, -0.25) is 0 Å². The van der Waals surface area contributed by atoms with Crippen LogP contribution in [0.1, 0.15) is 12.6 Å². The maximum absolute atomic E-state index is 12.4. The molecule has 0 aliphatic heterocycles. The van der Waals surface area contributed by atoms with E-state index >= 15 is 0 Å². The van der Waals surface area contributed by atoms with Gasteiger partial charge in [0.1, 0.15) is 4.90 Å². The Morgan fingerprint density at radius 3 is 2.32 bits per heavy atom. The number of aromatic nitrogens is 1. The van der Waals surface area contributed by atoms with Crippen LogP contribution in [-0.2, 0) is 23.1 Å². The van der Waals surface area contributed by atoms with Gasteiger partial charge >= 0.3 is 0 Å². The van der Waals surface area contributed by atoms with Crippen molar-refractivity contribution in [3.05, 3.63) is 18.0 Å². The fourth-order valence-corrected chi connectivity index (χ4v) is 3.00. The largest absolute Gasteiger partial charge is 0.349 e. The van der Waals surface area contributed by atoms with Gasteiger partial charge in [0.05, 0.1) is 0 Å². The molecule has 0 fully saturated rings. The van der Waals surface area contributed by atoms with Crippen molar-refractivity contribution in [3.8, 4) is 0 Å². The lowest BCUT2D eigenvalue weighted by atomic mass is 10.4. The molecule has 0 bridgehead atoms. The van der Waals surface area contributed by atoms with Gasteiger partial charge in [-0.2, -0.15) is 4.31 Å². The van der Waals surface area contributed by atoms with E-state index in [2.05, 4.69) is 0 Å². The van der Waals surface area contributed by atoms with Gasteiger partial charge in [-0.15, -0.1) is 0 Å². The Bertz CT molecular complexity index is 486. The Kier molecular flexibility index (Phi) is 5.54. The molecule has 1 aromatic heterocycles. The monoisotopic (exact) mass is 288 g/mol. The van der Waals surface area contributed by atoms with E-state index < -0.39 is 10.0 Å². The highest BCUT2D eigenvalue weighted by Gasteiger charge is 2.23. The molecular formula is C12H24N4O2S. The molecule has 1 heterocycles. The third kappa shape index (κ3) is 3.79. The fraction of sp³-hybridized carbons (Fsp3) is 0.667. The van der Waals surface area contributed by atoms with Crippen molar-refractivity contribution in [3.63, 3.8) is 0 Å². The first-order valence-electron chi connectivity index (χ1n) is 6.33. The first-order chi connectivity index (χ1) is 8.82. The van der Waals surface area contributed by atoms with Crippen molar-refractivity contribution < 1.29 is 8.42 Å².